The molecule has 8 nitrogen and oxygen atoms in total. The Morgan fingerprint density at radius 1 is 1.20 bits per heavy atom. The van der Waals surface area contributed by atoms with E-state index in [2.05, 4.69) is 6.07 Å². The van der Waals surface area contributed by atoms with E-state index in [0.717, 1.165) is 29.5 Å². The summed E-state index contributed by atoms with van der Waals surface area (Å²) in [6.45, 7) is 1.59. The smallest absolute Gasteiger partial charge is 0.331 e. The summed E-state index contributed by atoms with van der Waals surface area (Å²) in [5.74, 6) is 0.612. The topological polar surface area (TPSA) is 102 Å². The minimum atomic E-state index is -0.471. The second-order valence-electron chi connectivity index (χ2n) is 7.74. The Morgan fingerprint density at radius 3 is 2.60 bits per heavy atom. The molecule has 30 heavy (non-hydrogen) atoms. The first-order chi connectivity index (χ1) is 14.3. The van der Waals surface area contributed by atoms with Crippen molar-refractivity contribution in [3.63, 3.8) is 0 Å². The van der Waals surface area contributed by atoms with Gasteiger partial charge < -0.3 is 15.2 Å². The SMILES string of the molecule is Cn1c(=O)c2c(c(C#N)c(N3CCC[C@@H](N)C3)n2Cc2ccccc2Cl)n(C)c1=O. The quantitative estimate of drug-likeness (QED) is 0.684. The number of benzene rings is 1. The molecule has 1 atom stereocenters. The van der Waals surface area contributed by atoms with Crippen molar-refractivity contribution in [3.8, 4) is 6.07 Å². The summed E-state index contributed by atoms with van der Waals surface area (Å²) in [5, 5.41) is 10.6. The lowest BCUT2D eigenvalue weighted by Crippen LogP contribution is -2.44. The average Bonchev–Trinajstić information content (AvgIpc) is 3.06. The van der Waals surface area contributed by atoms with E-state index in [1.54, 1.807) is 13.1 Å². The summed E-state index contributed by atoms with van der Waals surface area (Å²) in [6.07, 6.45) is 1.79. The number of nitriles is 1. The molecule has 1 fully saturated rings. The third-order valence-electron chi connectivity index (χ3n) is 5.78. The van der Waals surface area contributed by atoms with Crippen molar-refractivity contribution in [1.29, 1.82) is 5.26 Å². The minimum Gasteiger partial charge on any atom is -0.355 e. The number of fused-ring (bicyclic) bond motifs is 1. The fraction of sp³-hybridized carbons (Fsp3) is 0.381. The van der Waals surface area contributed by atoms with Crippen LogP contribution < -0.4 is 21.9 Å². The lowest BCUT2D eigenvalue weighted by Gasteiger charge is -2.33. The zero-order valence-electron chi connectivity index (χ0n) is 16.9. The minimum absolute atomic E-state index is 0.0243. The molecular weight excluding hydrogens is 404 g/mol. The number of rotatable bonds is 3. The summed E-state index contributed by atoms with van der Waals surface area (Å²) in [6, 6.07) is 9.61. The zero-order valence-corrected chi connectivity index (χ0v) is 17.7. The number of anilines is 1. The maximum Gasteiger partial charge on any atom is 0.331 e. The lowest BCUT2D eigenvalue weighted by atomic mass is 10.1. The van der Waals surface area contributed by atoms with E-state index in [0.29, 0.717) is 40.5 Å². The van der Waals surface area contributed by atoms with Crippen molar-refractivity contribution in [2.24, 2.45) is 19.8 Å². The van der Waals surface area contributed by atoms with Gasteiger partial charge in [-0.25, -0.2) is 4.79 Å². The van der Waals surface area contributed by atoms with Crippen molar-refractivity contribution in [3.05, 3.63) is 61.3 Å². The maximum absolute atomic E-state index is 13.2. The molecular formula is C21H23ClN6O2. The van der Waals surface area contributed by atoms with E-state index in [4.69, 9.17) is 17.3 Å². The summed E-state index contributed by atoms with van der Waals surface area (Å²) >= 11 is 6.40. The first-order valence-electron chi connectivity index (χ1n) is 9.81. The van der Waals surface area contributed by atoms with E-state index in [9.17, 15) is 14.9 Å². The molecule has 1 saturated heterocycles. The molecule has 156 valence electrons. The number of halogens is 1. The van der Waals surface area contributed by atoms with E-state index in [-0.39, 0.29) is 6.04 Å². The number of aryl methyl sites for hydroxylation is 1. The Kier molecular flexibility index (Phi) is 5.18. The molecule has 9 heteroatoms. The van der Waals surface area contributed by atoms with Gasteiger partial charge in [-0.3, -0.25) is 13.9 Å². The van der Waals surface area contributed by atoms with E-state index in [1.807, 2.05) is 27.7 Å². The van der Waals surface area contributed by atoms with Crippen molar-refractivity contribution in [2.45, 2.75) is 25.4 Å². The van der Waals surface area contributed by atoms with Crippen LogP contribution in [0.4, 0.5) is 5.82 Å². The van der Waals surface area contributed by atoms with Crippen LogP contribution in [0.2, 0.25) is 5.02 Å². The normalized spacial score (nSPS) is 16.8. The van der Waals surface area contributed by atoms with Crippen LogP contribution in [0, 0.1) is 11.3 Å². The van der Waals surface area contributed by atoms with Crippen molar-refractivity contribution < 1.29 is 0 Å². The standard InChI is InChI=1S/C21H23ClN6O2/c1-25-17-15(10-23)19(27-9-5-7-14(24)12-27)28(11-13-6-3-4-8-16(13)22)18(17)20(29)26(2)21(25)30/h3-4,6,8,14H,5,7,9,11-12,24H2,1-2H3/t14-/m1/s1. The molecule has 0 unspecified atom stereocenters. The van der Waals surface area contributed by atoms with Gasteiger partial charge in [0.25, 0.3) is 5.56 Å². The van der Waals surface area contributed by atoms with E-state index < -0.39 is 11.2 Å². The molecule has 0 spiro atoms. The largest absolute Gasteiger partial charge is 0.355 e. The van der Waals surface area contributed by atoms with Crippen LogP contribution in [-0.4, -0.2) is 32.8 Å². The van der Waals surface area contributed by atoms with Crippen LogP contribution in [0.15, 0.2) is 33.9 Å². The monoisotopic (exact) mass is 426 g/mol. The van der Waals surface area contributed by atoms with Crippen LogP contribution in [0.1, 0.15) is 24.0 Å². The fourth-order valence-electron chi connectivity index (χ4n) is 4.29. The van der Waals surface area contributed by atoms with Gasteiger partial charge in [-0.1, -0.05) is 29.8 Å². The number of nitrogens with two attached hydrogens (primary N) is 1. The second-order valence-corrected chi connectivity index (χ2v) is 8.15. The summed E-state index contributed by atoms with van der Waals surface area (Å²) in [4.78, 5) is 27.8. The Morgan fingerprint density at radius 2 is 1.93 bits per heavy atom. The van der Waals surface area contributed by atoms with Gasteiger partial charge in [-0.2, -0.15) is 5.26 Å². The number of nitrogens with zero attached hydrogens (tertiary/aromatic N) is 5. The molecule has 1 aliphatic heterocycles. The number of hydrogen-bond donors (Lipinski definition) is 1. The molecule has 0 radical (unpaired) electrons. The molecule has 0 aliphatic carbocycles. The van der Waals surface area contributed by atoms with Gasteiger partial charge in [0.1, 0.15) is 23.0 Å². The average molecular weight is 427 g/mol. The van der Waals surface area contributed by atoms with E-state index >= 15 is 0 Å². The number of aromatic nitrogens is 3. The predicted octanol–water partition coefficient (Wildman–Crippen LogP) is 1.54. The Bertz CT molecular complexity index is 1300. The Balaban J connectivity index is 2.10. The third kappa shape index (κ3) is 3.11. The highest BCUT2D eigenvalue weighted by Crippen LogP contribution is 2.33. The zero-order chi connectivity index (χ0) is 21.6. The van der Waals surface area contributed by atoms with Gasteiger partial charge in [-0.15, -0.1) is 0 Å². The summed E-state index contributed by atoms with van der Waals surface area (Å²) in [5.41, 5.74) is 7.07. The summed E-state index contributed by atoms with van der Waals surface area (Å²) < 4.78 is 4.25. The second kappa shape index (κ2) is 7.67. The van der Waals surface area contributed by atoms with Gasteiger partial charge >= 0.3 is 5.69 Å². The predicted molar refractivity (Wildman–Crippen MR) is 117 cm³/mol. The van der Waals surface area contributed by atoms with Crippen LogP contribution in [0.3, 0.4) is 0 Å². The molecule has 1 aliphatic rings. The summed E-state index contributed by atoms with van der Waals surface area (Å²) in [7, 11) is 3.02. The highest BCUT2D eigenvalue weighted by molar-refractivity contribution is 6.31. The molecule has 2 aromatic heterocycles. The maximum atomic E-state index is 13.2. The molecule has 1 aromatic carbocycles. The molecule has 2 N–H and O–H groups in total. The molecule has 0 saturated carbocycles. The van der Waals surface area contributed by atoms with Gasteiger partial charge in [-0.05, 0) is 24.5 Å². The first kappa shape index (κ1) is 20.3. The highest BCUT2D eigenvalue weighted by Gasteiger charge is 2.29. The van der Waals surface area contributed by atoms with Crippen LogP contribution in [0.5, 0.6) is 0 Å². The van der Waals surface area contributed by atoms with Gasteiger partial charge in [0, 0.05) is 38.2 Å². The van der Waals surface area contributed by atoms with Gasteiger partial charge in [0.05, 0.1) is 12.1 Å². The van der Waals surface area contributed by atoms with E-state index in [1.165, 1.54) is 11.6 Å². The molecule has 4 rings (SSSR count). The lowest BCUT2D eigenvalue weighted by molar-refractivity contribution is 0.498. The molecule has 3 aromatic rings. The fourth-order valence-corrected chi connectivity index (χ4v) is 4.48. The van der Waals surface area contributed by atoms with Gasteiger partial charge in [0.2, 0.25) is 0 Å². The van der Waals surface area contributed by atoms with Crippen molar-refractivity contribution >= 4 is 28.5 Å². The Labute approximate surface area is 178 Å². The van der Waals surface area contributed by atoms with Crippen molar-refractivity contribution in [1.82, 2.24) is 13.7 Å². The van der Waals surface area contributed by atoms with Crippen LogP contribution in [0.25, 0.3) is 11.0 Å². The van der Waals surface area contributed by atoms with Crippen LogP contribution >= 0.6 is 11.6 Å². The van der Waals surface area contributed by atoms with Crippen LogP contribution in [-0.2, 0) is 20.6 Å². The highest BCUT2D eigenvalue weighted by atomic mass is 35.5. The molecule has 0 bridgehead atoms. The van der Waals surface area contributed by atoms with Gasteiger partial charge in [0.15, 0.2) is 0 Å². The Hall–Kier alpha value is -3.02. The molecule has 0 amide bonds. The van der Waals surface area contributed by atoms with Crippen molar-refractivity contribution in [2.75, 3.05) is 18.0 Å². The molecule has 3 heterocycles. The number of hydrogen-bond acceptors (Lipinski definition) is 5. The third-order valence-corrected chi connectivity index (χ3v) is 6.15. The number of piperidine rings is 1. The first-order valence-corrected chi connectivity index (χ1v) is 10.2.